The Balaban J connectivity index is 3.25. The van der Waals surface area contributed by atoms with Gasteiger partial charge in [0.2, 0.25) is 5.24 Å². The first kappa shape index (κ1) is 14.0. The lowest BCUT2D eigenvalue weighted by Crippen LogP contribution is -2.48. The summed E-state index contributed by atoms with van der Waals surface area (Å²) in [6, 6.07) is 0. The molecule has 0 heterocycles. The standard InChI is InChI=1S/C10H14Cl2O3S/c1-8-4-2-3-5-10(8,9(12)13)16(14,15)7-6-11/h1-7H2. The van der Waals surface area contributed by atoms with E-state index >= 15 is 0 Å². The predicted molar refractivity (Wildman–Crippen MR) is 65.7 cm³/mol. The Labute approximate surface area is 106 Å². The van der Waals surface area contributed by atoms with Crippen LogP contribution in [0.3, 0.4) is 0 Å². The monoisotopic (exact) mass is 284 g/mol. The number of sulfone groups is 1. The van der Waals surface area contributed by atoms with Gasteiger partial charge in [0, 0.05) is 5.88 Å². The van der Waals surface area contributed by atoms with Crippen molar-refractivity contribution >= 4 is 38.3 Å². The van der Waals surface area contributed by atoms with Crippen LogP contribution < -0.4 is 0 Å². The minimum Gasteiger partial charge on any atom is -0.279 e. The van der Waals surface area contributed by atoms with Crippen LogP contribution in [-0.4, -0.2) is 30.0 Å². The fourth-order valence-corrected chi connectivity index (χ4v) is 5.09. The van der Waals surface area contributed by atoms with Crippen molar-refractivity contribution in [3.63, 3.8) is 0 Å². The Kier molecular flexibility index (Phi) is 4.43. The second kappa shape index (κ2) is 5.07. The Morgan fingerprint density at radius 2 is 2.06 bits per heavy atom. The normalized spacial score (nSPS) is 26.8. The second-order valence-electron chi connectivity index (χ2n) is 3.92. The molecule has 1 rings (SSSR count). The molecule has 0 aromatic rings. The highest BCUT2D eigenvalue weighted by Crippen LogP contribution is 2.41. The molecule has 0 spiro atoms. The van der Waals surface area contributed by atoms with E-state index in [9.17, 15) is 13.2 Å². The fourth-order valence-electron chi connectivity index (χ4n) is 2.10. The topological polar surface area (TPSA) is 51.2 Å². The van der Waals surface area contributed by atoms with E-state index in [0.717, 1.165) is 6.42 Å². The molecular weight excluding hydrogens is 271 g/mol. The van der Waals surface area contributed by atoms with Crippen molar-refractivity contribution in [1.82, 2.24) is 0 Å². The number of halogens is 2. The van der Waals surface area contributed by atoms with Gasteiger partial charge in [-0.1, -0.05) is 13.0 Å². The Hall–Kier alpha value is -0.0600. The van der Waals surface area contributed by atoms with Crippen LogP contribution in [-0.2, 0) is 14.6 Å². The van der Waals surface area contributed by atoms with E-state index in [1.807, 2.05) is 0 Å². The molecule has 3 nitrogen and oxygen atoms in total. The zero-order valence-corrected chi connectivity index (χ0v) is 11.2. The third-order valence-corrected chi connectivity index (χ3v) is 6.35. The maximum atomic E-state index is 12.1. The van der Waals surface area contributed by atoms with Crippen LogP contribution in [0.1, 0.15) is 25.7 Å². The zero-order chi connectivity index (χ0) is 12.4. The third-order valence-electron chi connectivity index (χ3n) is 3.02. The average molecular weight is 285 g/mol. The smallest absolute Gasteiger partial charge is 0.247 e. The van der Waals surface area contributed by atoms with Crippen molar-refractivity contribution < 1.29 is 13.2 Å². The summed E-state index contributed by atoms with van der Waals surface area (Å²) in [6.45, 7) is 3.71. The van der Waals surface area contributed by atoms with Crippen LogP contribution in [0.5, 0.6) is 0 Å². The molecule has 1 fully saturated rings. The summed E-state index contributed by atoms with van der Waals surface area (Å²) in [7, 11) is -3.66. The summed E-state index contributed by atoms with van der Waals surface area (Å²) >= 11 is 11.0. The lowest BCUT2D eigenvalue weighted by atomic mass is 9.85. The van der Waals surface area contributed by atoms with Crippen LogP contribution >= 0.6 is 23.2 Å². The molecule has 0 aliphatic heterocycles. The van der Waals surface area contributed by atoms with Crippen LogP contribution in [0.2, 0.25) is 0 Å². The molecule has 0 bridgehead atoms. The van der Waals surface area contributed by atoms with Gasteiger partial charge < -0.3 is 0 Å². The van der Waals surface area contributed by atoms with Gasteiger partial charge in [0.1, 0.15) is 0 Å². The largest absolute Gasteiger partial charge is 0.279 e. The van der Waals surface area contributed by atoms with Crippen LogP contribution in [0.4, 0.5) is 0 Å². The van der Waals surface area contributed by atoms with Gasteiger partial charge in [0.15, 0.2) is 14.6 Å². The van der Waals surface area contributed by atoms with E-state index in [1.54, 1.807) is 0 Å². The van der Waals surface area contributed by atoms with Crippen molar-refractivity contribution in [2.45, 2.75) is 30.4 Å². The van der Waals surface area contributed by atoms with Crippen molar-refractivity contribution in [2.75, 3.05) is 11.6 Å². The SMILES string of the molecule is C=C1CCCCC1(C(=O)Cl)S(=O)(=O)CCCl. The minimum atomic E-state index is -3.66. The summed E-state index contributed by atoms with van der Waals surface area (Å²) < 4.78 is 22.6. The van der Waals surface area contributed by atoms with E-state index < -0.39 is 19.8 Å². The molecule has 1 saturated carbocycles. The Morgan fingerprint density at radius 1 is 1.44 bits per heavy atom. The minimum absolute atomic E-state index is 0.0401. The molecule has 0 aromatic carbocycles. The van der Waals surface area contributed by atoms with Crippen molar-refractivity contribution in [2.24, 2.45) is 0 Å². The first-order valence-corrected chi connectivity index (χ1v) is 7.61. The molecule has 1 atom stereocenters. The van der Waals surface area contributed by atoms with Gasteiger partial charge in [0.25, 0.3) is 0 Å². The molecule has 16 heavy (non-hydrogen) atoms. The lowest BCUT2D eigenvalue weighted by molar-refractivity contribution is -0.113. The number of carbonyl (C=O) groups excluding carboxylic acids is 1. The maximum Gasteiger partial charge on any atom is 0.247 e. The van der Waals surface area contributed by atoms with E-state index in [-0.39, 0.29) is 18.1 Å². The molecule has 0 saturated heterocycles. The van der Waals surface area contributed by atoms with Crippen molar-refractivity contribution in [1.29, 1.82) is 0 Å². The Morgan fingerprint density at radius 3 is 2.50 bits per heavy atom. The molecule has 6 heteroatoms. The molecule has 1 unspecified atom stereocenters. The number of rotatable bonds is 4. The fraction of sp³-hybridized carbons (Fsp3) is 0.700. The van der Waals surface area contributed by atoms with Gasteiger partial charge in [-0.2, -0.15) is 0 Å². The molecule has 0 radical (unpaired) electrons. The number of alkyl halides is 1. The second-order valence-corrected chi connectivity index (χ2v) is 6.98. The molecule has 0 N–H and O–H groups in total. The van der Waals surface area contributed by atoms with Gasteiger partial charge in [-0.15, -0.1) is 11.6 Å². The maximum absolute atomic E-state index is 12.1. The third kappa shape index (κ3) is 2.15. The van der Waals surface area contributed by atoms with Crippen LogP contribution in [0.25, 0.3) is 0 Å². The Bertz CT molecular complexity index is 402. The predicted octanol–water partition coefficient (Wildman–Crippen LogP) is 2.27. The van der Waals surface area contributed by atoms with Gasteiger partial charge in [-0.05, 0) is 36.4 Å². The van der Waals surface area contributed by atoms with Crippen LogP contribution in [0.15, 0.2) is 12.2 Å². The highest BCUT2D eigenvalue weighted by Gasteiger charge is 2.51. The molecule has 92 valence electrons. The highest BCUT2D eigenvalue weighted by molar-refractivity contribution is 7.94. The first-order valence-electron chi connectivity index (χ1n) is 5.05. The molecular formula is C10H14Cl2O3S. The van der Waals surface area contributed by atoms with Gasteiger partial charge in [-0.3, -0.25) is 4.79 Å². The lowest BCUT2D eigenvalue weighted by Gasteiger charge is -2.35. The zero-order valence-electron chi connectivity index (χ0n) is 8.84. The van der Waals surface area contributed by atoms with Crippen molar-refractivity contribution in [3.8, 4) is 0 Å². The number of hydrogen-bond donors (Lipinski definition) is 0. The van der Waals surface area contributed by atoms with Gasteiger partial charge in [-0.25, -0.2) is 8.42 Å². The van der Waals surface area contributed by atoms with Gasteiger partial charge in [0.05, 0.1) is 5.75 Å². The summed E-state index contributed by atoms with van der Waals surface area (Å²) in [5.74, 6) is -0.284. The highest BCUT2D eigenvalue weighted by atomic mass is 35.5. The summed E-state index contributed by atoms with van der Waals surface area (Å²) in [4.78, 5) is 11.5. The van der Waals surface area contributed by atoms with E-state index in [1.165, 1.54) is 0 Å². The quantitative estimate of drug-likeness (QED) is 0.452. The number of carbonyl (C=O) groups is 1. The summed E-state index contributed by atoms with van der Waals surface area (Å²) in [5, 5.41) is -0.845. The number of hydrogen-bond acceptors (Lipinski definition) is 3. The summed E-state index contributed by atoms with van der Waals surface area (Å²) in [5.41, 5.74) is 0.406. The van der Waals surface area contributed by atoms with E-state index in [2.05, 4.69) is 6.58 Å². The van der Waals surface area contributed by atoms with Crippen LogP contribution in [0, 0.1) is 0 Å². The average Bonchev–Trinajstić information content (AvgIpc) is 2.17. The van der Waals surface area contributed by atoms with E-state index in [0.29, 0.717) is 18.4 Å². The molecule has 1 aliphatic rings. The summed E-state index contributed by atoms with van der Waals surface area (Å²) in [6.07, 6.45) is 2.27. The molecule has 0 aromatic heterocycles. The first-order chi connectivity index (χ1) is 7.38. The molecule has 1 aliphatic carbocycles. The van der Waals surface area contributed by atoms with Crippen molar-refractivity contribution in [3.05, 3.63) is 12.2 Å². The van der Waals surface area contributed by atoms with Gasteiger partial charge >= 0.3 is 0 Å². The molecule has 0 amide bonds. The van der Waals surface area contributed by atoms with E-state index in [4.69, 9.17) is 23.2 Å².